The molecule has 1 fully saturated rings. The van der Waals surface area contributed by atoms with Crippen molar-refractivity contribution >= 4 is 22.5 Å². The SMILES string of the molecule is Cc1cc(C)n(-c2ccc(N3CCN(C(=O)c4cccc5ccccc45)CC3)nn2)n1. The predicted molar refractivity (Wildman–Crippen MR) is 121 cm³/mol. The molecule has 1 aliphatic rings. The number of aromatic nitrogens is 4. The minimum Gasteiger partial charge on any atom is -0.352 e. The minimum atomic E-state index is 0.0856. The average molecular weight is 412 g/mol. The molecular formula is C24H24N6O. The Labute approximate surface area is 180 Å². The number of carbonyl (C=O) groups is 1. The molecule has 3 heterocycles. The van der Waals surface area contributed by atoms with E-state index in [0.29, 0.717) is 18.9 Å². The van der Waals surface area contributed by atoms with Gasteiger partial charge in [-0.25, -0.2) is 4.68 Å². The molecule has 1 amide bonds. The number of fused-ring (bicyclic) bond motifs is 1. The third kappa shape index (κ3) is 3.63. The minimum absolute atomic E-state index is 0.0856. The second-order valence-corrected chi connectivity index (χ2v) is 7.89. The lowest BCUT2D eigenvalue weighted by atomic mass is 10.0. The Hall–Kier alpha value is -3.74. The number of hydrogen-bond donors (Lipinski definition) is 0. The molecule has 1 aliphatic heterocycles. The van der Waals surface area contributed by atoms with Crippen LogP contribution >= 0.6 is 0 Å². The first-order valence-electron chi connectivity index (χ1n) is 10.5. The molecule has 0 spiro atoms. The van der Waals surface area contributed by atoms with Gasteiger partial charge in [0, 0.05) is 37.4 Å². The van der Waals surface area contributed by atoms with Crippen LogP contribution in [0.4, 0.5) is 5.82 Å². The summed E-state index contributed by atoms with van der Waals surface area (Å²) in [5.41, 5.74) is 2.75. The summed E-state index contributed by atoms with van der Waals surface area (Å²) in [6, 6.07) is 19.9. The van der Waals surface area contributed by atoms with Crippen LogP contribution in [0.5, 0.6) is 0 Å². The maximum atomic E-state index is 13.2. The molecule has 0 atom stereocenters. The molecule has 0 radical (unpaired) electrons. The number of benzene rings is 2. The van der Waals surface area contributed by atoms with Crippen LogP contribution in [0, 0.1) is 13.8 Å². The number of hydrogen-bond acceptors (Lipinski definition) is 5. The summed E-state index contributed by atoms with van der Waals surface area (Å²) in [4.78, 5) is 17.3. The molecule has 7 nitrogen and oxygen atoms in total. The summed E-state index contributed by atoms with van der Waals surface area (Å²) in [5, 5.41) is 15.3. The van der Waals surface area contributed by atoms with Gasteiger partial charge in [0.1, 0.15) is 0 Å². The van der Waals surface area contributed by atoms with Gasteiger partial charge in [-0.15, -0.1) is 10.2 Å². The fourth-order valence-electron chi connectivity index (χ4n) is 4.18. The van der Waals surface area contributed by atoms with Gasteiger partial charge >= 0.3 is 0 Å². The number of rotatable bonds is 3. The number of piperazine rings is 1. The molecule has 0 bridgehead atoms. The molecule has 4 aromatic rings. The molecule has 31 heavy (non-hydrogen) atoms. The standard InChI is InChI=1S/C24H24N6O/c1-17-16-18(2)30(27-17)23-11-10-22(25-26-23)28-12-14-29(15-13-28)24(31)21-9-5-7-19-6-3-4-8-20(19)21/h3-11,16H,12-15H2,1-2H3. The predicted octanol–water partition coefficient (Wildman–Crippen LogP) is 3.39. The first-order valence-corrected chi connectivity index (χ1v) is 10.5. The number of carbonyl (C=O) groups excluding carboxylic acids is 1. The number of nitrogens with zero attached hydrogens (tertiary/aromatic N) is 6. The Balaban J connectivity index is 1.28. The van der Waals surface area contributed by atoms with Gasteiger partial charge in [0.05, 0.1) is 5.69 Å². The lowest BCUT2D eigenvalue weighted by molar-refractivity contribution is 0.0748. The van der Waals surface area contributed by atoms with Gasteiger partial charge in [-0.3, -0.25) is 4.79 Å². The molecule has 0 saturated carbocycles. The molecule has 5 rings (SSSR count). The molecule has 7 heteroatoms. The fourth-order valence-corrected chi connectivity index (χ4v) is 4.18. The zero-order valence-corrected chi connectivity index (χ0v) is 17.7. The topological polar surface area (TPSA) is 67.2 Å². The maximum Gasteiger partial charge on any atom is 0.254 e. The van der Waals surface area contributed by atoms with Crippen LogP contribution in [0.25, 0.3) is 16.6 Å². The van der Waals surface area contributed by atoms with Crippen molar-refractivity contribution in [1.82, 2.24) is 24.9 Å². The summed E-state index contributed by atoms with van der Waals surface area (Å²) in [7, 11) is 0. The highest BCUT2D eigenvalue weighted by Crippen LogP contribution is 2.22. The van der Waals surface area contributed by atoms with E-state index in [1.165, 1.54) is 0 Å². The highest BCUT2D eigenvalue weighted by Gasteiger charge is 2.24. The van der Waals surface area contributed by atoms with E-state index in [-0.39, 0.29) is 5.91 Å². The van der Waals surface area contributed by atoms with Crippen molar-refractivity contribution in [2.75, 3.05) is 31.1 Å². The molecule has 0 unspecified atom stereocenters. The normalized spacial score (nSPS) is 14.3. The van der Waals surface area contributed by atoms with Crippen LogP contribution in [0.2, 0.25) is 0 Å². The van der Waals surface area contributed by atoms with Gasteiger partial charge in [-0.1, -0.05) is 36.4 Å². The van der Waals surface area contributed by atoms with Crippen LogP contribution in [0.1, 0.15) is 21.7 Å². The summed E-state index contributed by atoms with van der Waals surface area (Å²) < 4.78 is 1.80. The summed E-state index contributed by atoms with van der Waals surface area (Å²) in [6.45, 7) is 6.73. The van der Waals surface area contributed by atoms with Crippen LogP contribution in [-0.2, 0) is 0 Å². The van der Waals surface area contributed by atoms with E-state index < -0.39 is 0 Å². The van der Waals surface area contributed by atoms with Gasteiger partial charge in [0.15, 0.2) is 11.6 Å². The Morgan fingerprint density at radius 2 is 1.55 bits per heavy atom. The Morgan fingerprint density at radius 3 is 2.26 bits per heavy atom. The number of anilines is 1. The maximum absolute atomic E-state index is 13.2. The highest BCUT2D eigenvalue weighted by atomic mass is 16.2. The smallest absolute Gasteiger partial charge is 0.254 e. The van der Waals surface area contributed by atoms with Crippen molar-refractivity contribution in [2.24, 2.45) is 0 Å². The van der Waals surface area contributed by atoms with E-state index >= 15 is 0 Å². The van der Waals surface area contributed by atoms with Crippen molar-refractivity contribution in [2.45, 2.75) is 13.8 Å². The van der Waals surface area contributed by atoms with E-state index in [1.807, 2.05) is 79.4 Å². The van der Waals surface area contributed by atoms with Crippen molar-refractivity contribution < 1.29 is 4.79 Å². The van der Waals surface area contributed by atoms with Crippen molar-refractivity contribution in [3.63, 3.8) is 0 Å². The van der Waals surface area contributed by atoms with Crippen LogP contribution < -0.4 is 4.90 Å². The monoisotopic (exact) mass is 412 g/mol. The summed E-state index contributed by atoms with van der Waals surface area (Å²) in [6.07, 6.45) is 0. The number of aryl methyl sites for hydroxylation is 2. The van der Waals surface area contributed by atoms with Gasteiger partial charge in [0.2, 0.25) is 0 Å². The van der Waals surface area contributed by atoms with Gasteiger partial charge in [-0.05, 0) is 48.9 Å². The molecule has 0 aliphatic carbocycles. The molecule has 1 saturated heterocycles. The van der Waals surface area contributed by atoms with Gasteiger partial charge in [0.25, 0.3) is 5.91 Å². The highest BCUT2D eigenvalue weighted by molar-refractivity contribution is 6.07. The van der Waals surface area contributed by atoms with Crippen LogP contribution in [0.15, 0.2) is 60.7 Å². The Morgan fingerprint density at radius 1 is 0.839 bits per heavy atom. The Kier molecular flexibility index (Phi) is 4.86. The molecule has 2 aromatic heterocycles. The molecule has 156 valence electrons. The van der Waals surface area contributed by atoms with Gasteiger partial charge in [-0.2, -0.15) is 5.10 Å². The quantitative estimate of drug-likeness (QED) is 0.516. The first-order chi connectivity index (χ1) is 15.1. The largest absolute Gasteiger partial charge is 0.352 e. The van der Waals surface area contributed by atoms with Crippen LogP contribution in [-0.4, -0.2) is 57.0 Å². The lowest BCUT2D eigenvalue weighted by Crippen LogP contribution is -2.49. The average Bonchev–Trinajstić information content (AvgIpc) is 3.16. The van der Waals surface area contributed by atoms with E-state index in [1.54, 1.807) is 4.68 Å². The van der Waals surface area contributed by atoms with E-state index in [9.17, 15) is 4.79 Å². The summed E-state index contributed by atoms with van der Waals surface area (Å²) >= 11 is 0. The first kappa shape index (κ1) is 19.2. The Bertz CT molecular complexity index is 1230. The molecular weight excluding hydrogens is 388 g/mol. The number of amides is 1. The van der Waals surface area contributed by atoms with E-state index in [0.717, 1.165) is 46.6 Å². The van der Waals surface area contributed by atoms with Crippen LogP contribution in [0.3, 0.4) is 0 Å². The second kappa shape index (κ2) is 7.83. The zero-order chi connectivity index (χ0) is 21.4. The van der Waals surface area contributed by atoms with E-state index in [2.05, 4.69) is 20.2 Å². The van der Waals surface area contributed by atoms with Gasteiger partial charge < -0.3 is 9.80 Å². The molecule has 2 aromatic carbocycles. The van der Waals surface area contributed by atoms with Crippen molar-refractivity contribution in [3.8, 4) is 5.82 Å². The summed E-state index contributed by atoms with van der Waals surface area (Å²) in [5.74, 6) is 1.61. The second-order valence-electron chi connectivity index (χ2n) is 7.89. The fraction of sp³-hybridized carbons (Fsp3) is 0.250. The van der Waals surface area contributed by atoms with Crippen molar-refractivity contribution in [3.05, 3.63) is 77.6 Å². The lowest BCUT2D eigenvalue weighted by Gasteiger charge is -2.35. The van der Waals surface area contributed by atoms with Crippen molar-refractivity contribution in [1.29, 1.82) is 0 Å². The van der Waals surface area contributed by atoms with E-state index in [4.69, 9.17) is 0 Å². The molecule has 0 N–H and O–H groups in total. The third-order valence-electron chi connectivity index (χ3n) is 5.77. The third-order valence-corrected chi connectivity index (χ3v) is 5.77. The zero-order valence-electron chi connectivity index (χ0n) is 17.7.